The lowest BCUT2D eigenvalue weighted by Gasteiger charge is -2.28. The number of carbonyl (C=O) groups is 2. The lowest BCUT2D eigenvalue weighted by Crippen LogP contribution is -2.30. The number of anilines is 3. The maximum Gasteiger partial charge on any atom is 0.337 e. The summed E-state index contributed by atoms with van der Waals surface area (Å²) in [6.45, 7) is 1.94. The molecule has 2 heterocycles. The van der Waals surface area contributed by atoms with Crippen LogP contribution < -0.4 is 15.5 Å². The first-order chi connectivity index (χ1) is 15.6. The molecule has 32 heavy (non-hydrogen) atoms. The zero-order chi connectivity index (χ0) is 22.3. The highest BCUT2D eigenvalue weighted by Crippen LogP contribution is 2.30. The number of benzene rings is 2. The van der Waals surface area contributed by atoms with E-state index in [9.17, 15) is 9.59 Å². The maximum absolute atomic E-state index is 12.5. The minimum absolute atomic E-state index is 0.361. The van der Waals surface area contributed by atoms with Gasteiger partial charge in [0.15, 0.2) is 5.82 Å². The number of aromatic nitrogens is 2. The molecule has 1 aliphatic heterocycles. The van der Waals surface area contributed by atoms with Crippen LogP contribution in [0.15, 0.2) is 60.9 Å². The highest BCUT2D eigenvalue weighted by atomic mass is 16.5. The van der Waals surface area contributed by atoms with Crippen LogP contribution in [-0.2, 0) is 4.74 Å². The van der Waals surface area contributed by atoms with Gasteiger partial charge in [0.05, 0.1) is 12.7 Å². The van der Waals surface area contributed by atoms with Crippen molar-refractivity contribution in [3.05, 3.63) is 66.5 Å². The number of amides is 2. The van der Waals surface area contributed by atoms with Crippen LogP contribution in [0.4, 0.5) is 22.0 Å². The van der Waals surface area contributed by atoms with E-state index < -0.39 is 12.0 Å². The predicted octanol–water partition coefficient (Wildman–Crippen LogP) is 4.56. The van der Waals surface area contributed by atoms with E-state index in [0.29, 0.717) is 16.9 Å². The van der Waals surface area contributed by atoms with Gasteiger partial charge in [-0.25, -0.2) is 14.6 Å². The molecular formula is C24H25N5O3. The fraction of sp³-hybridized carbons (Fsp3) is 0.250. The van der Waals surface area contributed by atoms with Gasteiger partial charge >= 0.3 is 12.0 Å². The Hall–Kier alpha value is -3.94. The van der Waals surface area contributed by atoms with E-state index in [1.54, 1.807) is 36.7 Å². The van der Waals surface area contributed by atoms with Crippen molar-refractivity contribution in [1.82, 2.24) is 9.97 Å². The normalized spacial score (nSPS) is 13.3. The lowest BCUT2D eigenvalue weighted by molar-refractivity contribution is 0.0600. The Morgan fingerprint density at radius 1 is 0.906 bits per heavy atom. The first kappa shape index (κ1) is 21.3. The highest BCUT2D eigenvalue weighted by Gasteiger charge is 2.18. The Morgan fingerprint density at radius 3 is 2.34 bits per heavy atom. The van der Waals surface area contributed by atoms with Gasteiger partial charge < -0.3 is 20.3 Å². The quantitative estimate of drug-likeness (QED) is 0.575. The van der Waals surface area contributed by atoms with Gasteiger partial charge in [-0.15, -0.1) is 0 Å². The van der Waals surface area contributed by atoms with E-state index in [1.807, 2.05) is 24.3 Å². The molecule has 8 nitrogen and oxygen atoms in total. The first-order valence-corrected chi connectivity index (χ1v) is 10.6. The van der Waals surface area contributed by atoms with Crippen molar-refractivity contribution in [3.63, 3.8) is 0 Å². The molecule has 1 fully saturated rings. The Kier molecular flexibility index (Phi) is 6.60. The summed E-state index contributed by atoms with van der Waals surface area (Å²) in [6.07, 6.45) is 6.93. The smallest absolute Gasteiger partial charge is 0.337 e. The van der Waals surface area contributed by atoms with Gasteiger partial charge in [0.25, 0.3) is 0 Å². The summed E-state index contributed by atoms with van der Waals surface area (Å²) in [5, 5.41) is 5.57. The third-order valence-electron chi connectivity index (χ3n) is 5.27. The number of methoxy groups -OCH3 is 1. The van der Waals surface area contributed by atoms with Crippen molar-refractivity contribution >= 4 is 29.2 Å². The molecule has 0 spiro atoms. The summed E-state index contributed by atoms with van der Waals surface area (Å²) in [4.78, 5) is 35.6. The van der Waals surface area contributed by atoms with Crippen LogP contribution in [0.1, 0.15) is 29.6 Å². The van der Waals surface area contributed by atoms with Gasteiger partial charge in [-0.05, 0) is 49.6 Å². The number of esters is 1. The van der Waals surface area contributed by atoms with Gasteiger partial charge in [-0.1, -0.05) is 18.2 Å². The molecule has 4 rings (SSSR count). The second-order valence-corrected chi connectivity index (χ2v) is 7.51. The summed E-state index contributed by atoms with van der Waals surface area (Å²) in [5.41, 5.74) is 3.15. The standard InChI is InChI=1S/C24H25N5O3/c1-32-23(30)18-8-6-10-20(16-18)28-24(31)27-19-9-5-7-17(15-19)21-22(26-12-11-25-21)29-13-3-2-4-14-29/h5-12,15-16H,2-4,13-14H2,1H3,(H2,27,28,31). The molecule has 164 valence electrons. The van der Waals surface area contributed by atoms with Gasteiger partial charge in [-0.3, -0.25) is 4.98 Å². The molecule has 3 aromatic rings. The van der Waals surface area contributed by atoms with Crippen molar-refractivity contribution in [1.29, 1.82) is 0 Å². The Labute approximate surface area is 186 Å². The lowest BCUT2D eigenvalue weighted by atomic mass is 10.1. The van der Waals surface area contributed by atoms with Crippen LogP contribution in [0.2, 0.25) is 0 Å². The molecule has 0 radical (unpaired) electrons. The molecular weight excluding hydrogens is 406 g/mol. The number of ether oxygens (including phenoxy) is 1. The van der Waals surface area contributed by atoms with Crippen LogP contribution in [0.5, 0.6) is 0 Å². The summed E-state index contributed by atoms with van der Waals surface area (Å²) >= 11 is 0. The average molecular weight is 431 g/mol. The summed E-state index contributed by atoms with van der Waals surface area (Å²) in [5.74, 6) is 0.406. The molecule has 1 saturated heterocycles. The molecule has 0 atom stereocenters. The molecule has 1 aliphatic rings. The average Bonchev–Trinajstić information content (AvgIpc) is 2.84. The van der Waals surface area contributed by atoms with Crippen LogP contribution in [0.25, 0.3) is 11.3 Å². The Bertz CT molecular complexity index is 1110. The topological polar surface area (TPSA) is 96.4 Å². The van der Waals surface area contributed by atoms with Crippen molar-refractivity contribution in [2.45, 2.75) is 19.3 Å². The number of hydrogen-bond donors (Lipinski definition) is 2. The monoisotopic (exact) mass is 431 g/mol. The van der Waals surface area contributed by atoms with E-state index in [4.69, 9.17) is 4.74 Å². The minimum Gasteiger partial charge on any atom is -0.465 e. The van der Waals surface area contributed by atoms with Crippen molar-refractivity contribution in [2.75, 3.05) is 35.7 Å². The van der Waals surface area contributed by atoms with E-state index in [2.05, 4.69) is 25.5 Å². The molecule has 2 aromatic carbocycles. The fourth-order valence-corrected chi connectivity index (χ4v) is 3.75. The number of carbonyl (C=O) groups excluding carboxylic acids is 2. The van der Waals surface area contributed by atoms with E-state index in [0.717, 1.165) is 43.0 Å². The van der Waals surface area contributed by atoms with E-state index in [1.165, 1.54) is 13.5 Å². The van der Waals surface area contributed by atoms with E-state index in [-0.39, 0.29) is 0 Å². The molecule has 0 unspecified atom stereocenters. The van der Waals surface area contributed by atoms with Crippen molar-refractivity contribution in [2.24, 2.45) is 0 Å². The van der Waals surface area contributed by atoms with Crippen molar-refractivity contribution < 1.29 is 14.3 Å². The predicted molar refractivity (Wildman–Crippen MR) is 124 cm³/mol. The van der Waals surface area contributed by atoms with Gasteiger partial charge in [0, 0.05) is 42.4 Å². The second kappa shape index (κ2) is 9.91. The highest BCUT2D eigenvalue weighted by molar-refractivity contribution is 6.01. The Balaban J connectivity index is 1.50. The van der Waals surface area contributed by atoms with Gasteiger partial charge in [0.1, 0.15) is 5.69 Å². The summed E-state index contributed by atoms with van der Waals surface area (Å²) < 4.78 is 4.72. The zero-order valence-electron chi connectivity index (χ0n) is 17.9. The number of urea groups is 1. The zero-order valence-corrected chi connectivity index (χ0v) is 17.9. The van der Waals surface area contributed by atoms with Crippen LogP contribution in [0.3, 0.4) is 0 Å². The first-order valence-electron chi connectivity index (χ1n) is 10.6. The number of rotatable bonds is 5. The van der Waals surface area contributed by atoms with Gasteiger partial charge in [0.2, 0.25) is 0 Å². The molecule has 2 amide bonds. The molecule has 0 bridgehead atoms. The number of nitrogens with zero attached hydrogens (tertiary/aromatic N) is 3. The largest absolute Gasteiger partial charge is 0.465 e. The second-order valence-electron chi connectivity index (χ2n) is 7.51. The van der Waals surface area contributed by atoms with Crippen LogP contribution >= 0.6 is 0 Å². The molecule has 8 heteroatoms. The summed E-state index contributed by atoms with van der Waals surface area (Å²) in [6, 6.07) is 13.7. The minimum atomic E-state index is -0.463. The van der Waals surface area contributed by atoms with Crippen molar-refractivity contribution in [3.8, 4) is 11.3 Å². The maximum atomic E-state index is 12.5. The fourth-order valence-electron chi connectivity index (χ4n) is 3.75. The third kappa shape index (κ3) is 5.03. The third-order valence-corrected chi connectivity index (χ3v) is 5.27. The van der Waals surface area contributed by atoms with Crippen LogP contribution in [-0.4, -0.2) is 42.2 Å². The summed E-state index contributed by atoms with van der Waals surface area (Å²) in [7, 11) is 1.32. The SMILES string of the molecule is COC(=O)c1cccc(NC(=O)Nc2cccc(-c3nccnc3N3CCCCC3)c2)c1. The Morgan fingerprint density at radius 2 is 1.59 bits per heavy atom. The molecule has 0 saturated carbocycles. The number of piperidine rings is 1. The number of nitrogens with one attached hydrogen (secondary N) is 2. The van der Waals surface area contributed by atoms with Crippen LogP contribution in [0, 0.1) is 0 Å². The molecule has 1 aromatic heterocycles. The van der Waals surface area contributed by atoms with E-state index >= 15 is 0 Å². The van der Waals surface area contributed by atoms with Gasteiger partial charge in [-0.2, -0.15) is 0 Å². The molecule has 2 N–H and O–H groups in total. The molecule has 0 aliphatic carbocycles. The number of hydrogen-bond acceptors (Lipinski definition) is 6.